The van der Waals surface area contributed by atoms with Gasteiger partial charge >= 0.3 is 0 Å². The Hall–Kier alpha value is -1.27. The second-order valence-electron chi connectivity index (χ2n) is 3.00. The molecule has 0 spiro atoms. The van der Waals surface area contributed by atoms with Gasteiger partial charge < -0.3 is 5.32 Å². The zero-order valence-corrected chi connectivity index (χ0v) is 8.82. The van der Waals surface area contributed by atoms with E-state index in [1.165, 1.54) is 11.5 Å². The highest BCUT2D eigenvalue weighted by atomic mass is 32.1. The average molecular weight is 209 g/mol. The van der Waals surface area contributed by atoms with Crippen molar-refractivity contribution in [1.29, 1.82) is 0 Å². The standard InChI is InChI=1S/C8H11N5S/c1-9-8(7-5-14-12-11-7)6-3-10-13(2)4-6/h3-5,8-9H,1-2H3. The van der Waals surface area contributed by atoms with Gasteiger partial charge in [-0.25, -0.2) is 0 Å². The maximum absolute atomic E-state index is 4.13. The Morgan fingerprint density at radius 3 is 2.93 bits per heavy atom. The van der Waals surface area contributed by atoms with Crippen molar-refractivity contribution in [3.63, 3.8) is 0 Å². The number of aromatic nitrogens is 4. The van der Waals surface area contributed by atoms with Crippen LogP contribution in [0.25, 0.3) is 0 Å². The lowest BCUT2D eigenvalue weighted by Gasteiger charge is -2.09. The van der Waals surface area contributed by atoms with Gasteiger partial charge in [0.05, 0.1) is 17.9 Å². The first-order valence-corrected chi connectivity index (χ1v) is 5.07. The Kier molecular flexibility index (Phi) is 2.55. The fraction of sp³-hybridized carbons (Fsp3) is 0.375. The molecule has 14 heavy (non-hydrogen) atoms. The Morgan fingerprint density at radius 2 is 2.43 bits per heavy atom. The highest BCUT2D eigenvalue weighted by Crippen LogP contribution is 2.19. The number of nitrogens with zero attached hydrogens (tertiary/aromatic N) is 4. The molecular formula is C8H11N5S. The van der Waals surface area contributed by atoms with Crippen molar-refractivity contribution in [2.75, 3.05) is 7.05 Å². The van der Waals surface area contributed by atoms with Crippen molar-refractivity contribution in [1.82, 2.24) is 24.7 Å². The Labute approximate surface area is 85.9 Å². The van der Waals surface area contributed by atoms with Gasteiger partial charge in [0.1, 0.15) is 0 Å². The van der Waals surface area contributed by atoms with Crippen LogP contribution >= 0.6 is 11.5 Å². The molecule has 1 unspecified atom stereocenters. The lowest BCUT2D eigenvalue weighted by Crippen LogP contribution is -2.17. The lowest BCUT2D eigenvalue weighted by atomic mass is 10.1. The van der Waals surface area contributed by atoms with E-state index in [9.17, 15) is 0 Å². The SMILES string of the molecule is CNC(c1cnn(C)c1)c1csnn1. The van der Waals surface area contributed by atoms with Crippen LogP contribution in [0.1, 0.15) is 17.3 Å². The molecule has 0 bridgehead atoms. The van der Waals surface area contributed by atoms with E-state index in [1.54, 1.807) is 4.68 Å². The van der Waals surface area contributed by atoms with E-state index in [1.807, 2.05) is 31.9 Å². The Bertz CT molecular complexity index is 394. The molecule has 1 N–H and O–H groups in total. The van der Waals surface area contributed by atoms with Crippen molar-refractivity contribution in [2.45, 2.75) is 6.04 Å². The fourth-order valence-electron chi connectivity index (χ4n) is 1.37. The van der Waals surface area contributed by atoms with Gasteiger partial charge in [0, 0.05) is 24.2 Å². The Morgan fingerprint density at radius 1 is 1.57 bits per heavy atom. The number of rotatable bonds is 3. The van der Waals surface area contributed by atoms with Gasteiger partial charge in [0.15, 0.2) is 0 Å². The van der Waals surface area contributed by atoms with Crippen LogP contribution in [0.3, 0.4) is 0 Å². The summed E-state index contributed by atoms with van der Waals surface area (Å²) < 4.78 is 5.63. The number of hydrogen-bond donors (Lipinski definition) is 1. The Balaban J connectivity index is 2.31. The van der Waals surface area contributed by atoms with Crippen molar-refractivity contribution >= 4 is 11.5 Å². The van der Waals surface area contributed by atoms with Crippen molar-refractivity contribution in [3.05, 3.63) is 29.0 Å². The van der Waals surface area contributed by atoms with E-state index in [2.05, 4.69) is 20.0 Å². The largest absolute Gasteiger partial charge is 0.308 e. The van der Waals surface area contributed by atoms with Crippen LogP contribution in [-0.2, 0) is 7.05 Å². The number of aryl methyl sites for hydroxylation is 1. The summed E-state index contributed by atoms with van der Waals surface area (Å²) in [5.41, 5.74) is 2.04. The first-order chi connectivity index (χ1) is 6.81. The molecule has 0 saturated heterocycles. The monoisotopic (exact) mass is 209 g/mol. The van der Waals surface area contributed by atoms with Crippen LogP contribution in [0.2, 0.25) is 0 Å². The second-order valence-corrected chi connectivity index (χ2v) is 3.61. The van der Waals surface area contributed by atoms with E-state index < -0.39 is 0 Å². The van der Waals surface area contributed by atoms with Gasteiger partial charge in [0.25, 0.3) is 0 Å². The van der Waals surface area contributed by atoms with Gasteiger partial charge in [-0.15, -0.1) is 5.10 Å². The van der Waals surface area contributed by atoms with E-state index in [0.29, 0.717) is 0 Å². The molecule has 2 heterocycles. The number of nitrogens with one attached hydrogen (secondary N) is 1. The minimum absolute atomic E-state index is 0.0856. The average Bonchev–Trinajstić information content (AvgIpc) is 2.79. The topological polar surface area (TPSA) is 55.6 Å². The van der Waals surface area contributed by atoms with Gasteiger partial charge in [-0.2, -0.15) is 5.10 Å². The van der Waals surface area contributed by atoms with Crippen molar-refractivity contribution in [3.8, 4) is 0 Å². The van der Waals surface area contributed by atoms with Crippen LogP contribution < -0.4 is 5.32 Å². The molecule has 0 aromatic carbocycles. The molecule has 0 aliphatic heterocycles. The van der Waals surface area contributed by atoms with Crippen molar-refractivity contribution < 1.29 is 0 Å². The predicted octanol–water partition coefficient (Wildman–Crippen LogP) is 0.580. The third-order valence-electron chi connectivity index (χ3n) is 2.02. The van der Waals surface area contributed by atoms with Crippen LogP contribution in [0.4, 0.5) is 0 Å². The summed E-state index contributed by atoms with van der Waals surface area (Å²) in [5.74, 6) is 0. The lowest BCUT2D eigenvalue weighted by molar-refractivity contribution is 0.666. The molecule has 0 aliphatic rings. The van der Waals surface area contributed by atoms with Gasteiger partial charge in [0.2, 0.25) is 0 Å². The maximum Gasteiger partial charge on any atom is 0.0971 e. The van der Waals surface area contributed by atoms with Crippen molar-refractivity contribution in [2.24, 2.45) is 7.05 Å². The van der Waals surface area contributed by atoms with Gasteiger partial charge in [-0.3, -0.25) is 4.68 Å². The summed E-state index contributed by atoms with van der Waals surface area (Å²) >= 11 is 1.36. The molecule has 0 amide bonds. The molecule has 0 saturated carbocycles. The molecule has 2 rings (SSSR count). The van der Waals surface area contributed by atoms with Gasteiger partial charge in [-0.1, -0.05) is 4.49 Å². The van der Waals surface area contributed by atoms with Gasteiger partial charge in [-0.05, 0) is 18.6 Å². The summed E-state index contributed by atoms with van der Waals surface area (Å²) in [6.07, 6.45) is 3.81. The molecule has 2 aromatic rings. The summed E-state index contributed by atoms with van der Waals surface area (Å²) in [4.78, 5) is 0. The summed E-state index contributed by atoms with van der Waals surface area (Å²) in [6.45, 7) is 0. The smallest absolute Gasteiger partial charge is 0.0971 e. The van der Waals surface area contributed by atoms with E-state index in [4.69, 9.17) is 0 Å². The molecular weight excluding hydrogens is 198 g/mol. The zero-order chi connectivity index (χ0) is 9.97. The first kappa shape index (κ1) is 9.29. The second kappa shape index (κ2) is 3.85. The molecule has 1 atom stereocenters. The summed E-state index contributed by atoms with van der Waals surface area (Å²) in [5, 5.41) is 13.3. The molecule has 0 fully saturated rings. The minimum Gasteiger partial charge on any atom is -0.308 e. The molecule has 74 valence electrons. The quantitative estimate of drug-likeness (QED) is 0.803. The minimum atomic E-state index is 0.0856. The summed E-state index contributed by atoms with van der Waals surface area (Å²) in [7, 11) is 3.80. The van der Waals surface area contributed by atoms with E-state index in [-0.39, 0.29) is 6.04 Å². The highest BCUT2D eigenvalue weighted by Gasteiger charge is 2.15. The van der Waals surface area contributed by atoms with E-state index >= 15 is 0 Å². The van der Waals surface area contributed by atoms with Crippen LogP contribution in [0.15, 0.2) is 17.8 Å². The molecule has 0 aliphatic carbocycles. The summed E-state index contributed by atoms with van der Waals surface area (Å²) in [6, 6.07) is 0.0856. The van der Waals surface area contributed by atoms with E-state index in [0.717, 1.165) is 11.3 Å². The number of hydrogen-bond acceptors (Lipinski definition) is 5. The third-order valence-corrected chi connectivity index (χ3v) is 2.54. The molecule has 6 heteroatoms. The predicted molar refractivity (Wildman–Crippen MR) is 54.0 cm³/mol. The molecule has 2 aromatic heterocycles. The third kappa shape index (κ3) is 1.66. The zero-order valence-electron chi connectivity index (χ0n) is 8.01. The highest BCUT2D eigenvalue weighted by molar-refractivity contribution is 7.03. The maximum atomic E-state index is 4.13. The normalized spacial score (nSPS) is 13.0. The fourth-order valence-corrected chi connectivity index (χ4v) is 1.85. The van der Waals surface area contributed by atoms with Crippen LogP contribution in [0.5, 0.6) is 0 Å². The molecule has 0 radical (unpaired) electrons. The first-order valence-electron chi connectivity index (χ1n) is 4.24. The van der Waals surface area contributed by atoms with Crippen LogP contribution in [-0.4, -0.2) is 26.4 Å². The van der Waals surface area contributed by atoms with Crippen LogP contribution in [0, 0.1) is 0 Å². The molecule has 5 nitrogen and oxygen atoms in total.